The van der Waals surface area contributed by atoms with Crippen LogP contribution in [0.5, 0.6) is 5.75 Å². The largest absolute Gasteiger partial charge is 0.492 e. The summed E-state index contributed by atoms with van der Waals surface area (Å²) >= 11 is 0. The molecule has 1 aromatic rings. The smallest absolute Gasteiger partial charge is 0.320 e. The van der Waals surface area contributed by atoms with E-state index < -0.39 is 12.0 Å². The van der Waals surface area contributed by atoms with Crippen LogP contribution in [0.15, 0.2) is 24.3 Å². The molecule has 0 bridgehead atoms. The Balaban J connectivity index is 2.35. The summed E-state index contributed by atoms with van der Waals surface area (Å²) in [5.41, 5.74) is 6.29. The number of hydrogen-bond donors (Lipinski definition) is 3. The quantitative estimate of drug-likeness (QED) is 0.603. The van der Waals surface area contributed by atoms with E-state index in [4.69, 9.17) is 15.6 Å². The lowest BCUT2D eigenvalue weighted by Crippen LogP contribution is -2.32. The minimum absolute atomic E-state index is 0.00777. The molecule has 1 aromatic carbocycles. The molecule has 0 aliphatic carbocycles. The molecule has 20 heavy (non-hydrogen) atoms. The lowest BCUT2D eigenvalue weighted by Gasteiger charge is -2.09. The number of benzene rings is 1. The molecular formula is C14H20N2O4. The third-order valence-corrected chi connectivity index (χ3v) is 2.71. The summed E-state index contributed by atoms with van der Waals surface area (Å²) in [5.74, 6) is -0.355. The van der Waals surface area contributed by atoms with Gasteiger partial charge >= 0.3 is 5.97 Å². The topological polar surface area (TPSA) is 102 Å². The van der Waals surface area contributed by atoms with Crippen LogP contribution in [0.4, 0.5) is 0 Å². The molecule has 0 unspecified atom stereocenters. The first-order chi connectivity index (χ1) is 9.52. The third-order valence-electron chi connectivity index (χ3n) is 2.71. The summed E-state index contributed by atoms with van der Waals surface area (Å²) in [6, 6.07) is 6.17. The van der Waals surface area contributed by atoms with Gasteiger partial charge < -0.3 is 20.9 Å². The summed E-state index contributed by atoms with van der Waals surface area (Å²) in [6.07, 6.45) is 0.737. The van der Waals surface area contributed by atoms with Gasteiger partial charge in [-0.2, -0.15) is 0 Å². The van der Waals surface area contributed by atoms with Crippen LogP contribution in [0, 0.1) is 0 Å². The molecule has 1 atom stereocenters. The van der Waals surface area contributed by atoms with Gasteiger partial charge in [-0.1, -0.05) is 19.1 Å². The second-order valence-electron chi connectivity index (χ2n) is 4.34. The third kappa shape index (κ3) is 5.71. The van der Waals surface area contributed by atoms with Crippen molar-refractivity contribution in [1.29, 1.82) is 0 Å². The monoisotopic (exact) mass is 280 g/mol. The Morgan fingerprint density at radius 2 is 2.00 bits per heavy atom. The van der Waals surface area contributed by atoms with E-state index in [2.05, 4.69) is 5.32 Å². The van der Waals surface area contributed by atoms with Gasteiger partial charge in [0.15, 0.2) is 0 Å². The fourth-order valence-corrected chi connectivity index (χ4v) is 1.55. The van der Waals surface area contributed by atoms with Gasteiger partial charge in [0.25, 0.3) is 0 Å². The van der Waals surface area contributed by atoms with Gasteiger partial charge in [-0.25, -0.2) is 0 Å². The zero-order chi connectivity index (χ0) is 15.0. The van der Waals surface area contributed by atoms with Crippen LogP contribution >= 0.6 is 0 Å². The first-order valence-corrected chi connectivity index (χ1v) is 6.49. The molecule has 4 N–H and O–H groups in total. The molecule has 0 saturated carbocycles. The van der Waals surface area contributed by atoms with Crippen molar-refractivity contribution in [2.75, 3.05) is 13.2 Å². The number of carboxylic acids is 1. The van der Waals surface area contributed by atoms with Crippen molar-refractivity contribution in [2.45, 2.75) is 25.8 Å². The van der Waals surface area contributed by atoms with Crippen LogP contribution in [0.3, 0.4) is 0 Å². The molecule has 0 heterocycles. The molecule has 0 spiro atoms. The van der Waals surface area contributed by atoms with Crippen molar-refractivity contribution in [3.63, 3.8) is 0 Å². The van der Waals surface area contributed by atoms with Gasteiger partial charge in [-0.15, -0.1) is 0 Å². The highest BCUT2D eigenvalue weighted by Crippen LogP contribution is 2.13. The first-order valence-electron chi connectivity index (χ1n) is 6.49. The molecule has 0 aliphatic rings. The summed E-state index contributed by atoms with van der Waals surface area (Å²) < 4.78 is 5.45. The van der Waals surface area contributed by atoms with Gasteiger partial charge in [0, 0.05) is 6.42 Å². The van der Waals surface area contributed by atoms with E-state index in [-0.39, 0.29) is 12.3 Å². The highest BCUT2D eigenvalue weighted by molar-refractivity contribution is 5.75. The Morgan fingerprint density at radius 1 is 1.35 bits per heavy atom. The van der Waals surface area contributed by atoms with E-state index in [0.29, 0.717) is 25.3 Å². The maximum Gasteiger partial charge on any atom is 0.320 e. The maximum absolute atomic E-state index is 11.0. The average Bonchev–Trinajstić information content (AvgIpc) is 2.44. The fourth-order valence-electron chi connectivity index (χ4n) is 1.55. The van der Waals surface area contributed by atoms with Gasteiger partial charge in [-0.3, -0.25) is 9.59 Å². The summed E-state index contributed by atoms with van der Waals surface area (Å²) in [6.45, 7) is 2.63. The number of amides is 1. The predicted molar refractivity (Wildman–Crippen MR) is 74.6 cm³/mol. The number of ether oxygens (including phenoxy) is 1. The molecule has 0 saturated heterocycles. The van der Waals surface area contributed by atoms with E-state index in [1.807, 2.05) is 0 Å². The van der Waals surface area contributed by atoms with Crippen LogP contribution in [0.25, 0.3) is 0 Å². The van der Waals surface area contributed by atoms with Crippen LogP contribution in [0.2, 0.25) is 0 Å². The van der Waals surface area contributed by atoms with Crippen molar-refractivity contribution in [2.24, 2.45) is 5.73 Å². The first kappa shape index (κ1) is 16.0. The standard InChI is InChI=1S/C14H20N2O4/c1-2-13(17)16-7-8-20-11-5-3-10(4-6-11)9-12(15)14(18)19/h3-6,12H,2,7-9,15H2,1H3,(H,16,17)(H,18,19)/t12-/m0/s1. The van der Waals surface area contributed by atoms with E-state index in [1.54, 1.807) is 31.2 Å². The molecule has 0 fully saturated rings. The minimum atomic E-state index is -1.02. The lowest BCUT2D eigenvalue weighted by molar-refractivity contribution is -0.138. The summed E-state index contributed by atoms with van der Waals surface area (Å²) in [7, 11) is 0. The Hall–Kier alpha value is -2.08. The van der Waals surface area contributed by atoms with Crippen molar-refractivity contribution in [3.05, 3.63) is 29.8 Å². The number of nitrogens with two attached hydrogens (primary N) is 1. The second-order valence-corrected chi connectivity index (χ2v) is 4.34. The molecule has 6 nitrogen and oxygen atoms in total. The molecule has 0 radical (unpaired) electrons. The Bertz CT molecular complexity index is 445. The van der Waals surface area contributed by atoms with Crippen molar-refractivity contribution in [3.8, 4) is 5.75 Å². The lowest BCUT2D eigenvalue weighted by atomic mass is 10.1. The molecule has 0 aromatic heterocycles. The minimum Gasteiger partial charge on any atom is -0.492 e. The van der Waals surface area contributed by atoms with Crippen molar-refractivity contribution in [1.82, 2.24) is 5.32 Å². The van der Waals surface area contributed by atoms with E-state index >= 15 is 0 Å². The second kappa shape index (κ2) is 8.16. The molecule has 110 valence electrons. The summed E-state index contributed by atoms with van der Waals surface area (Å²) in [4.78, 5) is 21.6. The van der Waals surface area contributed by atoms with Crippen LogP contribution in [0.1, 0.15) is 18.9 Å². The molecule has 6 heteroatoms. The highest BCUT2D eigenvalue weighted by Gasteiger charge is 2.11. The average molecular weight is 280 g/mol. The van der Waals surface area contributed by atoms with Crippen molar-refractivity contribution >= 4 is 11.9 Å². The van der Waals surface area contributed by atoms with Crippen LogP contribution in [-0.4, -0.2) is 36.2 Å². The van der Waals surface area contributed by atoms with E-state index in [0.717, 1.165) is 5.56 Å². The molecule has 1 rings (SSSR count). The van der Waals surface area contributed by atoms with Gasteiger partial charge in [0.05, 0.1) is 6.54 Å². The van der Waals surface area contributed by atoms with Crippen LogP contribution in [-0.2, 0) is 16.0 Å². The maximum atomic E-state index is 11.0. The van der Waals surface area contributed by atoms with Gasteiger partial charge in [-0.05, 0) is 24.1 Å². The number of rotatable bonds is 8. The van der Waals surface area contributed by atoms with E-state index in [1.165, 1.54) is 0 Å². The number of nitrogens with one attached hydrogen (secondary N) is 1. The Labute approximate surface area is 117 Å². The Morgan fingerprint density at radius 3 is 2.55 bits per heavy atom. The molecule has 0 aliphatic heterocycles. The normalized spacial score (nSPS) is 11.7. The van der Waals surface area contributed by atoms with Gasteiger partial charge in [0.1, 0.15) is 18.4 Å². The number of carbonyl (C=O) groups is 2. The number of aliphatic carboxylic acids is 1. The zero-order valence-corrected chi connectivity index (χ0v) is 11.5. The summed E-state index contributed by atoms with van der Waals surface area (Å²) in [5, 5.41) is 11.4. The fraction of sp³-hybridized carbons (Fsp3) is 0.429. The zero-order valence-electron chi connectivity index (χ0n) is 11.5. The van der Waals surface area contributed by atoms with Crippen molar-refractivity contribution < 1.29 is 19.4 Å². The number of carboxylic acid groups (broad SMARTS) is 1. The SMILES string of the molecule is CCC(=O)NCCOc1ccc(C[C@H](N)C(=O)O)cc1. The highest BCUT2D eigenvalue weighted by atomic mass is 16.5. The number of hydrogen-bond acceptors (Lipinski definition) is 4. The predicted octanol–water partition coefficient (Wildman–Crippen LogP) is 0.546. The Kier molecular flexibility index (Phi) is 6.52. The molecular weight excluding hydrogens is 260 g/mol. The van der Waals surface area contributed by atoms with Crippen LogP contribution < -0.4 is 15.8 Å². The van der Waals surface area contributed by atoms with Gasteiger partial charge in [0.2, 0.25) is 5.91 Å². The molecule has 1 amide bonds. The van der Waals surface area contributed by atoms with E-state index in [9.17, 15) is 9.59 Å². The number of carbonyl (C=O) groups excluding carboxylic acids is 1.